The molecule has 2 aromatic carbocycles. The van der Waals surface area contributed by atoms with Crippen LogP contribution in [0.3, 0.4) is 0 Å². The molecular formula is C21H27ClN5+. The number of rotatable bonds is 7. The van der Waals surface area contributed by atoms with Gasteiger partial charge in [-0.25, -0.2) is 0 Å². The smallest absolute Gasteiger partial charge is 0.134 e. The van der Waals surface area contributed by atoms with Crippen molar-refractivity contribution in [2.45, 2.75) is 20.3 Å². The summed E-state index contributed by atoms with van der Waals surface area (Å²) in [7, 11) is 6.29. The van der Waals surface area contributed by atoms with E-state index in [2.05, 4.69) is 55.3 Å². The Morgan fingerprint density at radius 1 is 1.07 bits per heavy atom. The molecular weight excluding hydrogens is 358 g/mol. The molecule has 2 rings (SSSR count). The highest BCUT2D eigenvalue weighted by Crippen LogP contribution is 2.33. The van der Waals surface area contributed by atoms with Crippen LogP contribution in [0.15, 0.2) is 46.6 Å². The molecule has 0 radical (unpaired) electrons. The second-order valence-corrected chi connectivity index (χ2v) is 7.71. The third-order valence-electron chi connectivity index (χ3n) is 4.39. The van der Waals surface area contributed by atoms with Gasteiger partial charge in [-0.2, -0.15) is 10.4 Å². The second kappa shape index (κ2) is 8.98. The summed E-state index contributed by atoms with van der Waals surface area (Å²) in [6, 6.07) is 14.1. The molecule has 5 nitrogen and oxygen atoms in total. The molecule has 0 heterocycles. The van der Waals surface area contributed by atoms with E-state index in [1.807, 2.05) is 37.3 Å². The molecule has 0 aliphatic rings. The fourth-order valence-electron chi connectivity index (χ4n) is 2.71. The van der Waals surface area contributed by atoms with Gasteiger partial charge in [0.1, 0.15) is 11.4 Å². The SMILES string of the molecule is CCN(CCC#N)c1ccc(N=Nc2cc([N+](C)(C)C)ccc2Cl)c(C)c1. The Morgan fingerprint density at radius 2 is 1.78 bits per heavy atom. The van der Waals surface area contributed by atoms with Crippen LogP contribution >= 0.6 is 11.6 Å². The summed E-state index contributed by atoms with van der Waals surface area (Å²) in [5.74, 6) is 0. The van der Waals surface area contributed by atoms with E-state index in [1.54, 1.807) is 0 Å². The van der Waals surface area contributed by atoms with E-state index in [0.717, 1.165) is 35.7 Å². The summed E-state index contributed by atoms with van der Waals surface area (Å²) in [5.41, 5.74) is 4.70. The van der Waals surface area contributed by atoms with Crippen LogP contribution in [0.1, 0.15) is 18.9 Å². The molecule has 0 unspecified atom stereocenters. The summed E-state index contributed by atoms with van der Waals surface area (Å²) in [4.78, 5) is 2.18. The van der Waals surface area contributed by atoms with E-state index >= 15 is 0 Å². The van der Waals surface area contributed by atoms with Crippen molar-refractivity contribution in [2.24, 2.45) is 10.2 Å². The fraction of sp³-hybridized carbons (Fsp3) is 0.381. The van der Waals surface area contributed by atoms with Gasteiger partial charge in [-0.3, -0.25) is 4.48 Å². The van der Waals surface area contributed by atoms with E-state index in [-0.39, 0.29) is 0 Å². The van der Waals surface area contributed by atoms with E-state index in [4.69, 9.17) is 16.9 Å². The molecule has 0 saturated heterocycles. The molecule has 0 aliphatic carbocycles. The monoisotopic (exact) mass is 384 g/mol. The highest BCUT2D eigenvalue weighted by atomic mass is 35.5. The van der Waals surface area contributed by atoms with Gasteiger partial charge in [-0.05, 0) is 43.7 Å². The molecule has 2 aromatic rings. The minimum atomic E-state index is 0.509. The minimum absolute atomic E-state index is 0.509. The van der Waals surface area contributed by atoms with Gasteiger partial charge in [0.25, 0.3) is 0 Å². The molecule has 0 aromatic heterocycles. The number of benzene rings is 2. The number of anilines is 1. The molecule has 0 bridgehead atoms. The summed E-state index contributed by atoms with van der Waals surface area (Å²) in [6.07, 6.45) is 0.509. The van der Waals surface area contributed by atoms with Crippen molar-refractivity contribution in [3.63, 3.8) is 0 Å². The van der Waals surface area contributed by atoms with Crippen molar-refractivity contribution in [3.8, 4) is 6.07 Å². The van der Waals surface area contributed by atoms with Crippen LogP contribution in [0.25, 0.3) is 0 Å². The number of aryl methyl sites for hydroxylation is 1. The number of quaternary nitrogens is 1. The third kappa shape index (κ3) is 5.53. The Bertz CT molecular complexity index is 862. The summed E-state index contributed by atoms with van der Waals surface area (Å²) in [5, 5.41) is 18.2. The lowest BCUT2D eigenvalue weighted by molar-refractivity contribution is 0.486. The lowest BCUT2D eigenvalue weighted by Crippen LogP contribution is -2.34. The zero-order valence-corrected chi connectivity index (χ0v) is 17.5. The van der Waals surface area contributed by atoms with Crippen molar-refractivity contribution in [1.82, 2.24) is 4.48 Å². The molecule has 0 aliphatic heterocycles. The van der Waals surface area contributed by atoms with Crippen molar-refractivity contribution < 1.29 is 0 Å². The molecule has 27 heavy (non-hydrogen) atoms. The lowest BCUT2D eigenvalue weighted by Gasteiger charge is -2.23. The van der Waals surface area contributed by atoms with Crippen molar-refractivity contribution >= 4 is 34.4 Å². The number of azo groups is 1. The van der Waals surface area contributed by atoms with Gasteiger partial charge in [-0.15, -0.1) is 5.11 Å². The Hall–Kier alpha value is -2.42. The third-order valence-corrected chi connectivity index (χ3v) is 4.71. The van der Waals surface area contributed by atoms with Gasteiger partial charge in [0.2, 0.25) is 0 Å². The zero-order chi connectivity index (χ0) is 20.0. The maximum atomic E-state index is 8.81. The zero-order valence-electron chi connectivity index (χ0n) is 16.7. The van der Waals surface area contributed by atoms with Crippen LogP contribution in [0.2, 0.25) is 5.02 Å². The normalized spacial score (nSPS) is 11.6. The van der Waals surface area contributed by atoms with Crippen LogP contribution in [-0.4, -0.2) is 34.2 Å². The first-order valence-corrected chi connectivity index (χ1v) is 9.40. The fourth-order valence-corrected chi connectivity index (χ4v) is 2.86. The Balaban J connectivity index is 2.27. The highest BCUT2D eigenvalue weighted by Gasteiger charge is 2.14. The number of hydrogen-bond acceptors (Lipinski definition) is 4. The number of hydrogen-bond donors (Lipinski definition) is 0. The van der Waals surface area contributed by atoms with E-state index in [1.165, 1.54) is 0 Å². The van der Waals surface area contributed by atoms with E-state index < -0.39 is 0 Å². The molecule has 0 spiro atoms. The van der Waals surface area contributed by atoms with E-state index in [0.29, 0.717) is 21.6 Å². The van der Waals surface area contributed by atoms with Gasteiger partial charge in [-0.1, -0.05) is 11.6 Å². The van der Waals surface area contributed by atoms with Crippen molar-refractivity contribution in [2.75, 3.05) is 39.1 Å². The molecule has 0 saturated carbocycles. The Morgan fingerprint density at radius 3 is 2.37 bits per heavy atom. The van der Waals surface area contributed by atoms with Crippen LogP contribution in [0.4, 0.5) is 22.7 Å². The molecule has 142 valence electrons. The van der Waals surface area contributed by atoms with Gasteiger partial charge >= 0.3 is 0 Å². The Labute approximate surface area is 167 Å². The quantitative estimate of drug-likeness (QED) is 0.434. The molecule has 0 N–H and O–H groups in total. The lowest BCUT2D eigenvalue weighted by atomic mass is 10.1. The highest BCUT2D eigenvalue weighted by molar-refractivity contribution is 6.33. The summed E-state index contributed by atoms with van der Waals surface area (Å²) >= 11 is 6.29. The van der Waals surface area contributed by atoms with E-state index in [9.17, 15) is 0 Å². The van der Waals surface area contributed by atoms with Crippen LogP contribution in [-0.2, 0) is 0 Å². The molecule has 0 amide bonds. The predicted molar refractivity (Wildman–Crippen MR) is 114 cm³/mol. The average Bonchev–Trinajstić information content (AvgIpc) is 2.62. The number of nitrogens with zero attached hydrogens (tertiary/aromatic N) is 5. The maximum Gasteiger partial charge on any atom is 0.134 e. The maximum absolute atomic E-state index is 8.81. The largest absolute Gasteiger partial charge is 0.371 e. The topological polar surface area (TPSA) is 51.8 Å². The minimum Gasteiger partial charge on any atom is -0.371 e. The van der Waals surface area contributed by atoms with Crippen molar-refractivity contribution in [3.05, 3.63) is 47.0 Å². The average molecular weight is 385 g/mol. The molecule has 6 heteroatoms. The standard InChI is InChI=1S/C21H27ClN5/c1-6-26(13-7-12-23)17-8-11-20(16(2)14-17)24-25-21-15-18(27(3,4)5)9-10-19(21)22/h8-11,14-15H,6-7,13H2,1-5H3/q+1. The predicted octanol–water partition coefficient (Wildman–Crippen LogP) is 6.00. The van der Waals surface area contributed by atoms with Gasteiger partial charge in [0.05, 0.1) is 44.3 Å². The summed E-state index contributed by atoms with van der Waals surface area (Å²) < 4.78 is 0.683. The first-order chi connectivity index (χ1) is 12.8. The van der Waals surface area contributed by atoms with Crippen LogP contribution in [0, 0.1) is 18.3 Å². The van der Waals surface area contributed by atoms with Crippen LogP contribution in [0.5, 0.6) is 0 Å². The van der Waals surface area contributed by atoms with Gasteiger partial charge < -0.3 is 4.90 Å². The molecule has 0 atom stereocenters. The number of halogens is 1. The first kappa shape index (κ1) is 20.9. The van der Waals surface area contributed by atoms with Crippen LogP contribution < -0.4 is 9.38 Å². The summed E-state index contributed by atoms with van der Waals surface area (Å²) in [6.45, 7) is 5.68. The van der Waals surface area contributed by atoms with Gasteiger partial charge in [0.15, 0.2) is 0 Å². The Kier molecular flexibility index (Phi) is 6.95. The second-order valence-electron chi connectivity index (χ2n) is 7.31. The molecule has 0 fully saturated rings. The number of nitriles is 1. The van der Waals surface area contributed by atoms with Crippen molar-refractivity contribution in [1.29, 1.82) is 5.26 Å². The first-order valence-electron chi connectivity index (χ1n) is 9.02. The van der Waals surface area contributed by atoms with Gasteiger partial charge in [0, 0.05) is 30.9 Å².